The lowest BCUT2D eigenvalue weighted by molar-refractivity contribution is -0.151. The molecule has 0 amide bonds. The Morgan fingerprint density at radius 2 is 2.26 bits per heavy atom. The molecule has 0 radical (unpaired) electrons. The number of rotatable bonds is 4. The summed E-state index contributed by atoms with van der Waals surface area (Å²) in [6.07, 6.45) is 1.48. The third-order valence-electron chi connectivity index (χ3n) is 3.26. The van der Waals surface area contributed by atoms with Gasteiger partial charge in [0.2, 0.25) is 0 Å². The molecule has 1 aromatic heterocycles. The summed E-state index contributed by atoms with van der Waals surface area (Å²) in [6.45, 7) is 10.6. The van der Waals surface area contributed by atoms with Crippen molar-refractivity contribution >= 4 is 0 Å². The van der Waals surface area contributed by atoms with Gasteiger partial charge in [0.25, 0.3) is 0 Å². The number of aromatic nitrogens is 3. The minimum Gasteiger partial charge on any atom is -0.394 e. The molecule has 0 saturated carbocycles. The first kappa shape index (κ1) is 14.4. The van der Waals surface area contributed by atoms with Crippen molar-refractivity contribution in [2.75, 3.05) is 19.7 Å². The molecular weight excluding hydrogens is 244 g/mol. The molecule has 19 heavy (non-hydrogen) atoms. The lowest BCUT2D eigenvalue weighted by Crippen LogP contribution is -2.53. The highest BCUT2D eigenvalue weighted by Gasteiger charge is 2.33. The summed E-state index contributed by atoms with van der Waals surface area (Å²) in [6, 6.07) is 0.306. The fourth-order valence-electron chi connectivity index (χ4n) is 2.65. The summed E-state index contributed by atoms with van der Waals surface area (Å²) >= 11 is 0. The SMILES string of the molecule is CC(C)n1ncnc1CN1CC(CO)OC(C)(C)C1. The second-order valence-electron chi connectivity index (χ2n) is 6.07. The van der Waals surface area contributed by atoms with Crippen LogP contribution >= 0.6 is 0 Å². The van der Waals surface area contributed by atoms with Crippen LogP contribution in [0.5, 0.6) is 0 Å². The number of aliphatic hydroxyl groups excluding tert-OH is 1. The molecule has 0 aromatic carbocycles. The van der Waals surface area contributed by atoms with E-state index in [0.717, 1.165) is 25.5 Å². The van der Waals surface area contributed by atoms with Crippen molar-refractivity contribution in [3.63, 3.8) is 0 Å². The predicted octanol–water partition coefficient (Wildman–Crippen LogP) is 0.831. The molecule has 1 N–H and O–H groups in total. The van der Waals surface area contributed by atoms with Crippen LogP contribution in [0.15, 0.2) is 6.33 Å². The lowest BCUT2D eigenvalue weighted by atomic mass is 10.1. The highest BCUT2D eigenvalue weighted by Crippen LogP contribution is 2.22. The van der Waals surface area contributed by atoms with Crippen LogP contribution in [0.4, 0.5) is 0 Å². The summed E-state index contributed by atoms with van der Waals surface area (Å²) < 4.78 is 7.76. The molecule has 2 heterocycles. The van der Waals surface area contributed by atoms with Gasteiger partial charge in [-0.2, -0.15) is 5.10 Å². The smallest absolute Gasteiger partial charge is 0.141 e. The molecule has 1 aliphatic rings. The number of morpholine rings is 1. The Hall–Kier alpha value is -0.980. The highest BCUT2D eigenvalue weighted by atomic mass is 16.5. The number of nitrogens with zero attached hydrogens (tertiary/aromatic N) is 4. The second kappa shape index (κ2) is 5.56. The van der Waals surface area contributed by atoms with Gasteiger partial charge in [0, 0.05) is 19.1 Å². The van der Waals surface area contributed by atoms with Crippen LogP contribution in [-0.2, 0) is 11.3 Å². The maximum atomic E-state index is 9.33. The van der Waals surface area contributed by atoms with E-state index < -0.39 is 0 Å². The van der Waals surface area contributed by atoms with E-state index in [4.69, 9.17) is 4.74 Å². The Morgan fingerprint density at radius 1 is 1.53 bits per heavy atom. The van der Waals surface area contributed by atoms with Gasteiger partial charge in [0.15, 0.2) is 0 Å². The number of ether oxygens (including phenoxy) is 1. The highest BCUT2D eigenvalue weighted by molar-refractivity contribution is 4.91. The molecule has 108 valence electrons. The first-order chi connectivity index (χ1) is 8.91. The third kappa shape index (κ3) is 3.52. The van der Waals surface area contributed by atoms with Gasteiger partial charge in [-0.3, -0.25) is 4.90 Å². The van der Waals surface area contributed by atoms with Crippen molar-refractivity contribution in [2.45, 2.75) is 52.0 Å². The van der Waals surface area contributed by atoms with E-state index in [0.29, 0.717) is 6.04 Å². The van der Waals surface area contributed by atoms with Crippen molar-refractivity contribution in [3.8, 4) is 0 Å². The average molecular weight is 268 g/mol. The van der Waals surface area contributed by atoms with Gasteiger partial charge in [-0.15, -0.1) is 0 Å². The summed E-state index contributed by atoms with van der Waals surface area (Å²) in [7, 11) is 0. The van der Waals surface area contributed by atoms with E-state index in [9.17, 15) is 5.11 Å². The number of hydrogen-bond donors (Lipinski definition) is 1. The van der Waals surface area contributed by atoms with Crippen LogP contribution < -0.4 is 0 Å². The zero-order valence-electron chi connectivity index (χ0n) is 12.2. The molecular formula is C13H24N4O2. The molecule has 0 bridgehead atoms. The lowest BCUT2D eigenvalue weighted by Gasteiger charge is -2.42. The predicted molar refractivity (Wildman–Crippen MR) is 71.7 cm³/mol. The van der Waals surface area contributed by atoms with E-state index >= 15 is 0 Å². The Morgan fingerprint density at radius 3 is 2.89 bits per heavy atom. The molecule has 1 saturated heterocycles. The van der Waals surface area contributed by atoms with Gasteiger partial charge in [-0.25, -0.2) is 9.67 Å². The van der Waals surface area contributed by atoms with E-state index in [-0.39, 0.29) is 18.3 Å². The van der Waals surface area contributed by atoms with Crippen molar-refractivity contribution in [2.24, 2.45) is 0 Å². The zero-order valence-corrected chi connectivity index (χ0v) is 12.2. The number of aliphatic hydroxyl groups is 1. The maximum absolute atomic E-state index is 9.33. The molecule has 1 atom stereocenters. The van der Waals surface area contributed by atoms with Crippen LogP contribution in [0.25, 0.3) is 0 Å². The molecule has 0 aliphatic carbocycles. The number of hydrogen-bond acceptors (Lipinski definition) is 5. The Bertz CT molecular complexity index is 417. The zero-order chi connectivity index (χ0) is 14.0. The van der Waals surface area contributed by atoms with E-state index in [1.165, 1.54) is 0 Å². The normalized spacial score (nSPS) is 24.0. The molecule has 1 unspecified atom stereocenters. The minimum atomic E-state index is -0.242. The molecule has 0 spiro atoms. The molecule has 6 nitrogen and oxygen atoms in total. The van der Waals surface area contributed by atoms with Gasteiger partial charge < -0.3 is 9.84 Å². The van der Waals surface area contributed by atoms with Crippen LogP contribution in [0, 0.1) is 0 Å². The van der Waals surface area contributed by atoms with Gasteiger partial charge in [-0.05, 0) is 27.7 Å². The molecule has 6 heteroatoms. The monoisotopic (exact) mass is 268 g/mol. The summed E-state index contributed by atoms with van der Waals surface area (Å²) in [5, 5.41) is 13.6. The molecule has 1 aliphatic heterocycles. The fourth-order valence-corrected chi connectivity index (χ4v) is 2.65. The van der Waals surface area contributed by atoms with Gasteiger partial charge in [0.1, 0.15) is 12.2 Å². The largest absolute Gasteiger partial charge is 0.394 e. The third-order valence-corrected chi connectivity index (χ3v) is 3.26. The molecule has 1 aromatic rings. The first-order valence-electron chi connectivity index (χ1n) is 6.80. The fraction of sp³-hybridized carbons (Fsp3) is 0.846. The Labute approximate surface area is 114 Å². The van der Waals surface area contributed by atoms with Gasteiger partial charge in [-0.1, -0.05) is 0 Å². The van der Waals surface area contributed by atoms with E-state index in [2.05, 4.69) is 42.7 Å². The Kier molecular flexibility index (Phi) is 4.23. The quantitative estimate of drug-likeness (QED) is 0.876. The maximum Gasteiger partial charge on any atom is 0.141 e. The average Bonchev–Trinajstić information content (AvgIpc) is 2.75. The van der Waals surface area contributed by atoms with Crippen molar-refractivity contribution < 1.29 is 9.84 Å². The summed E-state index contributed by atoms with van der Waals surface area (Å²) in [5.41, 5.74) is -0.242. The Balaban J connectivity index is 2.07. The second-order valence-corrected chi connectivity index (χ2v) is 6.07. The summed E-state index contributed by atoms with van der Waals surface area (Å²) in [4.78, 5) is 6.61. The molecule has 2 rings (SSSR count). The van der Waals surface area contributed by atoms with Crippen molar-refractivity contribution in [1.82, 2.24) is 19.7 Å². The minimum absolute atomic E-state index is 0.0524. The van der Waals surface area contributed by atoms with Crippen molar-refractivity contribution in [1.29, 1.82) is 0 Å². The van der Waals surface area contributed by atoms with Crippen molar-refractivity contribution in [3.05, 3.63) is 12.2 Å². The topological polar surface area (TPSA) is 63.4 Å². The first-order valence-corrected chi connectivity index (χ1v) is 6.80. The van der Waals surface area contributed by atoms with E-state index in [1.54, 1.807) is 6.33 Å². The van der Waals surface area contributed by atoms with Crippen LogP contribution in [0.3, 0.4) is 0 Å². The standard InChI is InChI=1S/C13H24N4O2/c1-10(2)17-12(14-9-15-17)6-16-5-11(7-18)19-13(3,4)8-16/h9-11,18H,5-8H2,1-4H3. The van der Waals surface area contributed by atoms with Crippen LogP contribution in [0.2, 0.25) is 0 Å². The summed E-state index contributed by atoms with van der Waals surface area (Å²) in [5.74, 6) is 0.962. The van der Waals surface area contributed by atoms with Crippen LogP contribution in [0.1, 0.15) is 39.6 Å². The van der Waals surface area contributed by atoms with E-state index in [1.807, 2.05) is 4.68 Å². The van der Waals surface area contributed by atoms with Gasteiger partial charge in [0.05, 0.1) is 24.9 Å². The molecule has 1 fully saturated rings. The van der Waals surface area contributed by atoms with Gasteiger partial charge >= 0.3 is 0 Å². The van der Waals surface area contributed by atoms with Crippen LogP contribution in [-0.4, -0.2) is 56.2 Å².